The summed E-state index contributed by atoms with van der Waals surface area (Å²) in [6.07, 6.45) is 4.96. The van der Waals surface area contributed by atoms with Crippen LogP contribution in [0, 0.1) is 10.1 Å². The van der Waals surface area contributed by atoms with Crippen molar-refractivity contribution < 1.29 is 14.5 Å². The molecule has 0 atom stereocenters. The molecule has 168 valence electrons. The molecule has 3 heterocycles. The lowest BCUT2D eigenvalue weighted by Gasteiger charge is -2.33. The van der Waals surface area contributed by atoms with Gasteiger partial charge in [0.15, 0.2) is 0 Å². The Bertz CT molecular complexity index is 1140. The first-order valence-corrected chi connectivity index (χ1v) is 10.7. The predicted octanol–water partition coefficient (Wildman–Crippen LogP) is 5.33. The molecule has 3 aromatic rings. The van der Waals surface area contributed by atoms with Gasteiger partial charge in [-0.05, 0) is 69.4 Å². The van der Waals surface area contributed by atoms with Crippen molar-refractivity contribution in [3.8, 4) is 0 Å². The van der Waals surface area contributed by atoms with Gasteiger partial charge in [0.1, 0.15) is 5.60 Å². The number of benzene rings is 1. The summed E-state index contributed by atoms with van der Waals surface area (Å²) < 4.78 is 5.49. The maximum atomic E-state index is 12.3. The van der Waals surface area contributed by atoms with Crippen molar-refractivity contribution in [3.63, 3.8) is 0 Å². The molecule has 9 nitrogen and oxygen atoms in total. The third-order valence-electron chi connectivity index (χ3n) is 5.55. The van der Waals surface area contributed by atoms with E-state index in [1.807, 2.05) is 45.2 Å². The maximum absolute atomic E-state index is 12.3. The normalized spacial score (nSPS) is 15.0. The number of likely N-dealkylation sites (tertiary alicyclic amines) is 1. The summed E-state index contributed by atoms with van der Waals surface area (Å²) in [7, 11) is 0. The molecule has 1 aliphatic heterocycles. The van der Waals surface area contributed by atoms with Gasteiger partial charge in [0.05, 0.1) is 4.92 Å². The van der Waals surface area contributed by atoms with E-state index >= 15 is 0 Å². The molecule has 1 amide bonds. The second kappa shape index (κ2) is 8.49. The zero-order valence-electron chi connectivity index (χ0n) is 18.4. The summed E-state index contributed by atoms with van der Waals surface area (Å²) in [5.41, 5.74) is 2.33. The Morgan fingerprint density at radius 1 is 1.28 bits per heavy atom. The van der Waals surface area contributed by atoms with Crippen molar-refractivity contribution in [2.45, 2.75) is 45.1 Å². The van der Waals surface area contributed by atoms with Gasteiger partial charge in [-0.3, -0.25) is 10.1 Å². The van der Waals surface area contributed by atoms with E-state index in [1.165, 1.54) is 17.8 Å². The molecule has 0 radical (unpaired) electrons. The number of anilines is 2. The van der Waals surface area contributed by atoms with Crippen LogP contribution >= 0.6 is 0 Å². The number of hydrogen-bond donors (Lipinski definition) is 2. The van der Waals surface area contributed by atoms with Crippen molar-refractivity contribution in [2.24, 2.45) is 0 Å². The zero-order valence-corrected chi connectivity index (χ0v) is 18.4. The topological polar surface area (TPSA) is 113 Å². The van der Waals surface area contributed by atoms with E-state index in [2.05, 4.69) is 15.3 Å². The summed E-state index contributed by atoms with van der Waals surface area (Å²) in [6.45, 7) is 6.90. The standard InChI is InChI=1S/C23H27N5O4/c1-23(2,3)32-22(29)27-11-8-15(9-12-27)18-14-25-19-7-6-16(13-17(18)19)26-21-20(28(30)31)5-4-10-24-21/h4-7,10,13-15,25H,8-9,11-12H2,1-3H3,(H,24,26). The Labute approximate surface area is 185 Å². The number of hydrogen-bond acceptors (Lipinski definition) is 6. The van der Waals surface area contributed by atoms with Gasteiger partial charge in [0.2, 0.25) is 5.82 Å². The average Bonchev–Trinajstić information content (AvgIpc) is 3.16. The molecule has 1 aromatic carbocycles. The quantitative estimate of drug-likeness (QED) is 0.421. The van der Waals surface area contributed by atoms with Gasteiger partial charge in [-0.1, -0.05) is 0 Å². The van der Waals surface area contributed by atoms with Crippen LogP contribution in [-0.4, -0.2) is 44.6 Å². The fourth-order valence-corrected chi connectivity index (χ4v) is 4.03. The second-order valence-electron chi connectivity index (χ2n) is 9.00. The van der Waals surface area contributed by atoms with Gasteiger partial charge < -0.3 is 19.9 Å². The minimum absolute atomic E-state index is 0.0728. The number of amides is 1. The maximum Gasteiger partial charge on any atom is 0.410 e. The Morgan fingerprint density at radius 2 is 2.03 bits per heavy atom. The smallest absolute Gasteiger partial charge is 0.410 e. The van der Waals surface area contributed by atoms with Crippen LogP contribution in [-0.2, 0) is 4.74 Å². The fraction of sp³-hybridized carbons (Fsp3) is 0.391. The summed E-state index contributed by atoms with van der Waals surface area (Å²) in [6, 6.07) is 8.77. The summed E-state index contributed by atoms with van der Waals surface area (Å²) in [5, 5.41) is 15.4. The molecule has 0 unspecified atom stereocenters. The highest BCUT2D eigenvalue weighted by Gasteiger charge is 2.28. The molecule has 9 heteroatoms. The number of ether oxygens (including phenoxy) is 1. The van der Waals surface area contributed by atoms with Crippen LogP contribution in [0.15, 0.2) is 42.7 Å². The molecular weight excluding hydrogens is 410 g/mol. The second-order valence-corrected chi connectivity index (χ2v) is 9.00. The number of rotatable bonds is 4. The molecule has 0 saturated carbocycles. The lowest BCUT2D eigenvalue weighted by Crippen LogP contribution is -2.41. The Balaban J connectivity index is 1.51. The molecule has 0 aliphatic carbocycles. The third kappa shape index (κ3) is 4.66. The van der Waals surface area contributed by atoms with Crippen LogP contribution < -0.4 is 5.32 Å². The van der Waals surface area contributed by atoms with E-state index in [9.17, 15) is 14.9 Å². The van der Waals surface area contributed by atoms with Gasteiger partial charge in [-0.25, -0.2) is 9.78 Å². The minimum Gasteiger partial charge on any atom is -0.444 e. The number of fused-ring (bicyclic) bond motifs is 1. The monoisotopic (exact) mass is 437 g/mol. The van der Waals surface area contributed by atoms with Crippen molar-refractivity contribution in [3.05, 3.63) is 58.4 Å². The molecule has 1 saturated heterocycles. The van der Waals surface area contributed by atoms with Crippen LogP contribution in [0.25, 0.3) is 10.9 Å². The van der Waals surface area contributed by atoms with Crippen LogP contribution in [0.4, 0.5) is 22.0 Å². The fourth-order valence-electron chi connectivity index (χ4n) is 4.03. The molecule has 1 fully saturated rings. The number of carbonyl (C=O) groups excluding carboxylic acids is 1. The number of pyridine rings is 1. The SMILES string of the molecule is CC(C)(C)OC(=O)N1CCC(c2c[nH]c3ccc(Nc4ncccc4[N+](=O)[O-])cc23)CC1. The van der Waals surface area contributed by atoms with Gasteiger partial charge >= 0.3 is 11.8 Å². The summed E-state index contributed by atoms with van der Waals surface area (Å²) >= 11 is 0. The lowest BCUT2D eigenvalue weighted by molar-refractivity contribution is -0.384. The predicted molar refractivity (Wildman–Crippen MR) is 122 cm³/mol. The highest BCUT2D eigenvalue weighted by Crippen LogP contribution is 2.35. The van der Waals surface area contributed by atoms with E-state index in [0.717, 1.165) is 29.4 Å². The first-order chi connectivity index (χ1) is 15.2. The van der Waals surface area contributed by atoms with Crippen LogP contribution in [0.5, 0.6) is 0 Å². The van der Waals surface area contributed by atoms with E-state index in [4.69, 9.17) is 4.74 Å². The Morgan fingerprint density at radius 3 is 2.72 bits per heavy atom. The molecule has 32 heavy (non-hydrogen) atoms. The van der Waals surface area contributed by atoms with E-state index in [-0.39, 0.29) is 17.6 Å². The highest BCUT2D eigenvalue weighted by atomic mass is 16.6. The molecule has 0 spiro atoms. The lowest BCUT2D eigenvalue weighted by atomic mass is 9.89. The first kappa shape index (κ1) is 21.6. The molecule has 0 bridgehead atoms. The molecule has 2 N–H and O–H groups in total. The number of carbonyl (C=O) groups is 1. The number of aromatic nitrogens is 2. The van der Waals surface area contributed by atoms with Gasteiger partial charge in [-0.15, -0.1) is 0 Å². The third-order valence-corrected chi connectivity index (χ3v) is 5.55. The van der Waals surface area contributed by atoms with Crippen molar-refractivity contribution in [1.29, 1.82) is 0 Å². The number of aromatic amines is 1. The number of piperidine rings is 1. The molecular formula is C23H27N5O4. The number of nitro groups is 1. The van der Waals surface area contributed by atoms with Crippen LogP contribution in [0.1, 0.15) is 45.1 Å². The molecule has 4 rings (SSSR count). The largest absolute Gasteiger partial charge is 0.444 e. The molecule has 2 aromatic heterocycles. The molecule has 1 aliphatic rings. The highest BCUT2D eigenvalue weighted by molar-refractivity contribution is 5.88. The number of nitrogens with one attached hydrogen (secondary N) is 2. The van der Waals surface area contributed by atoms with Crippen molar-refractivity contribution in [2.75, 3.05) is 18.4 Å². The summed E-state index contributed by atoms with van der Waals surface area (Å²) in [5.74, 6) is 0.515. The minimum atomic E-state index is -0.503. The Kier molecular flexibility index (Phi) is 5.73. The Hall–Kier alpha value is -3.62. The van der Waals surface area contributed by atoms with Gasteiger partial charge in [0, 0.05) is 48.1 Å². The van der Waals surface area contributed by atoms with E-state index < -0.39 is 10.5 Å². The number of H-pyrrole nitrogens is 1. The van der Waals surface area contributed by atoms with Gasteiger partial charge in [-0.2, -0.15) is 0 Å². The van der Waals surface area contributed by atoms with Crippen LogP contribution in [0.2, 0.25) is 0 Å². The van der Waals surface area contributed by atoms with E-state index in [1.54, 1.807) is 11.0 Å². The average molecular weight is 438 g/mol. The van der Waals surface area contributed by atoms with Crippen LogP contribution in [0.3, 0.4) is 0 Å². The first-order valence-electron chi connectivity index (χ1n) is 10.7. The van der Waals surface area contributed by atoms with Crippen molar-refractivity contribution in [1.82, 2.24) is 14.9 Å². The van der Waals surface area contributed by atoms with Crippen molar-refractivity contribution >= 4 is 34.2 Å². The summed E-state index contributed by atoms with van der Waals surface area (Å²) in [4.78, 5) is 32.4. The van der Waals surface area contributed by atoms with Gasteiger partial charge in [0.25, 0.3) is 0 Å². The number of nitrogens with zero attached hydrogens (tertiary/aromatic N) is 3. The zero-order chi connectivity index (χ0) is 22.9. The van der Waals surface area contributed by atoms with E-state index in [0.29, 0.717) is 19.0 Å².